The van der Waals surface area contributed by atoms with Crippen molar-refractivity contribution in [3.05, 3.63) is 71.5 Å². The Labute approximate surface area is 155 Å². The number of hydrogen-bond acceptors (Lipinski definition) is 4. The summed E-state index contributed by atoms with van der Waals surface area (Å²) in [7, 11) is -3.34. The number of amides is 1. The first-order valence-electron chi connectivity index (χ1n) is 7.51. The molecule has 0 aliphatic rings. The topological polar surface area (TPSA) is 93.1 Å². The first-order chi connectivity index (χ1) is 12.3. The lowest BCUT2D eigenvalue weighted by Gasteiger charge is -2.06. The third-order valence-corrected chi connectivity index (χ3v) is 4.18. The molecule has 3 rings (SSSR count). The lowest BCUT2D eigenvalue weighted by molar-refractivity contribution is 0.102. The van der Waals surface area contributed by atoms with Gasteiger partial charge in [0.05, 0.1) is 11.9 Å². The van der Waals surface area contributed by atoms with E-state index in [0.717, 1.165) is 11.9 Å². The van der Waals surface area contributed by atoms with Gasteiger partial charge in [0.15, 0.2) is 5.69 Å². The molecule has 0 radical (unpaired) electrons. The van der Waals surface area contributed by atoms with E-state index in [0.29, 0.717) is 16.4 Å². The minimum Gasteiger partial charge on any atom is -0.321 e. The molecule has 0 spiro atoms. The normalized spacial score (nSPS) is 11.2. The van der Waals surface area contributed by atoms with Crippen molar-refractivity contribution in [2.45, 2.75) is 0 Å². The van der Waals surface area contributed by atoms with Gasteiger partial charge < -0.3 is 5.32 Å². The van der Waals surface area contributed by atoms with Crippen molar-refractivity contribution in [2.24, 2.45) is 0 Å². The summed E-state index contributed by atoms with van der Waals surface area (Å²) in [5.41, 5.74) is 1.91. The summed E-state index contributed by atoms with van der Waals surface area (Å²) in [6, 6.07) is 15.0. The summed E-state index contributed by atoms with van der Waals surface area (Å²) >= 11 is 5.96. The summed E-state index contributed by atoms with van der Waals surface area (Å²) in [4.78, 5) is 12.3. The van der Waals surface area contributed by atoms with Crippen molar-refractivity contribution in [3.63, 3.8) is 0 Å². The first-order valence-corrected chi connectivity index (χ1v) is 9.78. The molecular weight excluding hydrogens is 376 g/mol. The fraction of sp³-hybridized carbons (Fsp3) is 0.0588. The Kier molecular flexibility index (Phi) is 4.97. The minimum atomic E-state index is -3.34. The molecule has 26 heavy (non-hydrogen) atoms. The lowest BCUT2D eigenvalue weighted by atomic mass is 10.3. The molecule has 2 aromatic carbocycles. The molecular formula is C17H15ClN4O3S. The van der Waals surface area contributed by atoms with Crippen LogP contribution in [0, 0.1) is 0 Å². The van der Waals surface area contributed by atoms with Crippen LogP contribution in [0.15, 0.2) is 60.8 Å². The maximum absolute atomic E-state index is 12.3. The van der Waals surface area contributed by atoms with Crippen LogP contribution in [0.1, 0.15) is 10.5 Å². The van der Waals surface area contributed by atoms with Crippen LogP contribution >= 0.6 is 11.6 Å². The standard InChI is InChI=1S/C17H15ClN4O3S/c1-26(24,25)21-14-7-5-13(6-8-14)19-17(23)16-9-10-22(20-16)15-4-2-3-12(18)11-15/h2-11,21H,1H3,(H,19,23). The zero-order valence-corrected chi connectivity index (χ0v) is 15.3. The number of nitrogens with zero attached hydrogens (tertiary/aromatic N) is 2. The predicted molar refractivity (Wildman–Crippen MR) is 101 cm³/mol. The van der Waals surface area contributed by atoms with Crippen molar-refractivity contribution in [3.8, 4) is 5.69 Å². The average Bonchev–Trinajstić information content (AvgIpc) is 3.05. The summed E-state index contributed by atoms with van der Waals surface area (Å²) < 4.78 is 26.3. The van der Waals surface area contributed by atoms with E-state index in [1.54, 1.807) is 59.4 Å². The molecule has 9 heteroatoms. The molecule has 7 nitrogen and oxygen atoms in total. The number of halogens is 1. The van der Waals surface area contributed by atoms with Crippen molar-refractivity contribution < 1.29 is 13.2 Å². The molecule has 0 aliphatic carbocycles. The smallest absolute Gasteiger partial charge is 0.276 e. The van der Waals surface area contributed by atoms with Crippen molar-refractivity contribution in [2.75, 3.05) is 16.3 Å². The molecule has 1 amide bonds. The Morgan fingerprint density at radius 2 is 1.77 bits per heavy atom. The maximum Gasteiger partial charge on any atom is 0.276 e. The highest BCUT2D eigenvalue weighted by atomic mass is 35.5. The number of carbonyl (C=O) groups excluding carboxylic acids is 1. The number of sulfonamides is 1. The second-order valence-corrected chi connectivity index (χ2v) is 7.72. The van der Waals surface area contributed by atoms with E-state index in [4.69, 9.17) is 11.6 Å². The Morgan fingerprint density at radius 1 is 1.08 bits per heavy atom. The zero-order valence-electron chi connectivity index (χ0n) is 13.7. The summed E-state index contributed by atoms with van der Waals surface area (Å²) in [5, 5.41) is 7.52. The van der Waals surface area contributed by atoms with E-state index in [9.17, 15) is 13.2 Å². The van der Waals surface area contributed by atoms with Gasteiger partial charge >= 0.3 is 0 Å². The van der Waals surface area contributed by atoms with E-state index in [1.807, 2.05) is 6.07 Å². The van der Waals surface area contributed by atoms with Crippen LogP contribution in [-0.2, 0) is 10.0 Å². The molecule has 134 valence electrons. The fourth-order valence-electron chi connectivity index (χ4n) is 2.24. The van der Waals surface area contributed by atoms with Gasteiger partial charge in [-0.3, -0.25) is 9.52 Å². The van der Waals surface area contributed by atoms with Crippen LogP contribution < -0.4 is 10.0 Å². The Morgan fingerprint density at radius 3 is 2.42 bits per heavy atom. The third kappa shape index (κ3) is 4.62. The number of hydrogen-bond donors (Lipinski definition) is 2. The molecule has 1 aromatic heterocycles. The Balaban J connectivity index is 1.71. The van der Waals surface area contributed by atoms with Gasteiger partial charge in [0.25, 0.3) is 5.91 Å². The summed E-state index contributed by atoms with van der Waals surface area (Å²) in [6.45, 7) is 0. The highest BCUT2D eigenvalue weighted by molar-refractivity contribution is 7.92. The van der Waals surface area contributed by atoms with Crippen LogP contribution in [0.4, 0.5) is 11.4 Å². The highest BCUT2D eigenvalue weighted by Gasteiger charge is 2.11. The molecule has 0 bridgehead atoms. The molecule has 0 fully saturated rings. The van der Waals surface area contributed by atoms with Gasteiger partial charge in [-0.25, -0.2) is 13.1 Å². The monoisotopic (exact) mass is 390 g/mol. The van der Waals surface area contributed by atoms with Crippen LogP contribution in [0.2, 0.25) is 5.02 Å². The average molecular weight is 391 g/mol. The second kappa shape index (κ2) is 7.19. The van der Waals surface area contributed by atoms with E-state index in [2.05, 4.69) is 15.1 Å². The van der Waals surface area contributed by atoms with Crippen molar-refractivity contribution in [1.82, 2.24) is 9.78 Å². The van der Waals surface area contributed by atoms with E-state index in [1.165, 1.54) is 0 Å². The van der Waals surface area contributed by atoms with E-state index in [-0.39, 0.29) is 11.6 Å². The molecule has 0 saturated carbocycles. The molecule has 0 atom stereocenters. The van der Waals surface area contributed by atoms with E-state index < -0.39 is 10.0 Å². The number of rotatable bonds is 5. The quantitative estimate of drug-likeness (QED) is 0.699. The largest absolute Gasteiger partial charge is 0.321 e. The van der Waals surface area contributed by atoms with Gasteiger partial charge in [-0.2, -0.15) is 5.10 Å². The SMILES string of the molecule is CS(=O)(=O)Nc1ccc(NC(=O)c2ccn(-c3cccc(Cl)c3)n2)cc1. The van der Waals surface area contributed by atoms with Crippen LogP contribution in [-0.4, -0.2) is 30.4 Å². The van der Waals surface area contributed by atoms with E-state index >= 15 is 0 Å². The molecule has 2 N–H and O–H groups in total. The maximum atomic E-state index is 12.3. The number of aromatic nitrogens is 2. The predicted octanol–water partition coefficient (Wildman–Crippen LogP) is 3.15. The van der Waals surface area contributed by atoms with Gasteiger partial charge in [0, 0.05) is 22.6 Å². The second-order valence-electron chi connectivity index (χ2n) is 5.53. The number of anilines is 2. The number of carbonyl (C=O) groups is 1. The lowest BCUT2D eigenvalue weighted by Crippen LogP contribution is -2.13. The fourth-order valence-corrected chi connectivity index (χ4v) is 2.99. The van der Waals surface area contributed by atoms with Crippen molar-refractivity contribution >= 4 is 38.9 Å². The molecule has 1 heterocycles. The van der Waals surface area contributed by atoms with Gasteiger partial charge in [-0.15, -0.1) is 0 Å². The van der Waals surface area contributed by atoms with Gasteiger partial charge in [0.2, 0.25) is 10.0 Å². The van der Waals surface area contributed by atoms with Crippen LogP contribution in [0.3, 0.4) is 0 Å². The Bertz CT molecular complexity index is 1050. The molecule has 0 unspecified atom stereocenters. The zero-order chi connectivity index (χ0) is 18.7. The summed E-state index contributed by atoms with van der Waals surface area (Å²) in [5.74, 6) is -0.380. The first kappa shape index (κ1) is 18.0. The van der Waals surface area contributed by atoms with Crippen LogP contribution in [0.5, 0.6) is 0 Å². The van der Waals surface area contributed by atoms with Gasteiger partial charge in [-0.05, 0) is 48.5 Å². The van der Waals surface area contributed by atoms with Crippen molar-refractivity contribution in [1.29, 1.82) is 0 Å². The molecule has 3 aromatic rings. The van der Waals surface area contributed by atoms with Crippen LogP contribution in [0.25, 0.3) is 5.69 Å². The minimum absolute atomic E-state index is 0.239. The molecule has 0 aliphatic heterocycles. The molecule has 0 saturated heterocycles. The van der Waals surface area contributed by atoms with Gasteiger partial charge in [-0.1, -0.05) is 17.7 Å². The highest BCUT2D eigenvalue weighted by Crippen LogP contribution is 2.17. The number of nitrogens with one attached hydrogen (secondary N) is 2. The van der Waals surface area contributed by atoms with Gasteiger partial charge in [0.1, 0.15) is 0 Å². The number of benzene rings is 2. The third-order valence-electron chi connectivity index (χ3n) is 3.34. The summed E-state index contributed by atoms with van der Waals surface area (Å²) in [6.07, 6.45) is 2.73. The Hall–Kier alpha value is -2.84.